The Hall–Kier alpha value is -1.55. The summed E-state index contributed by atoms with van der Waals surface area (Å²) in [6, 6.07) is 6.95. The number of rotatable bonds is 4. The third kappa shape index (κ3) is 2.33. The molecule has 1 aromatic rings. The van der Waals surface area contributed by atoms with Gasteiger partial charge in [0.15, 0.2) is 0 Å². The first-order valence-electron chi connectivity index (χ1n) is 5.48. The molecule has 1 amide bonds. The molecule has 0 aliphatic carbocycles. The van der Waals surface area contributed by atoms with Crippen LogP contribution in [-0.2, 0) is 0 Å². The van der Waals surface area contributed by atoms with Crippen molar-refractivity contribution in [1.29, 1.82) is 0 Å². The van der Waals surface area contributed by atoms with Crippen LogP contribution in [0.3, 0.4) is 0 Å². The van der Waals surface area contributed by atoms with Gasteiger partial charge in [0.1, 0.15) is 11.9 Å². The Morgan fingerprint density at radius 2 is 2.06 bits per heavy atom. The Kier molecular flexibility index (Phi) is 3.10. The third-order valence-corrected chi connectivity index (χ3v) is 2.81. The molecule has 0 saturated carbocycles. The summed E-state index contributed by atoms with van der Waals surface area (Å²) in [4.78, 5) is 13.2. The highest BCUT2D eigenvalue weighted by Gasteiger charge is 2.26. The zero-order valence-electron chi connectivity index (χ0n) is 9.35. The van der Waals surface area contributed by atoms with Gasteiger partial charge in [-0.3, -0.25) is 9.69 Å². The molecule has 0 bridgehead atoms. The van der Waals surface area contributed by atoms with Gasteiger partial charge >= 0.3 is 0 Å². The fraction of sp³-hybridized carbons (Fsp3) is 0.417. The Morgan fingerprint density at radius 1 is 1.44 bits per heavy atom. The van der Waals surface area contributed by atoms with Crippen molar-refractivity contribution in [3.05, 3.63) is 29.8 Å². The van der Waals surface area contributed by atoms with Crippen molar-refractivity contribution in [3.8, 4) is 5.75 Å². The number of benzene rings is 1. The van der Waals surface area contributed by atoms with E-state index in [4.69, 9.17) is 10.5 Å². The molecule has 0 aromatic heterocycles. The maximum Gasteiger partial charge on any atom is 0.248 e. The molecule has 4 heteroatoms. The van der Waals surface area contributed by atoms with Gasteiger partial charge in [-0.1, -0.05) is 6.92 Å². The Bertz CT molecular complexity index is 369. The summed E-state index contributed by atoms with van der Waals surface area (Å²) < 4.78 is 5.72. The molecule has 0 radical (unpaired) electrons. The first-order valence-corrected chi connectivity index (χ1v) is 5.48. The summed E-state index contributed by atoms with van der Waals surface area (Å²) in [5.41, 5.74) is 5.66. The number of hydrogen-bond acceptors (Lipinski definition) is 3. The minimum Gasteiger partial charge on any atom is -0.488 e. The topological polar surface area (TPSA) is 55.6 Å². The molecule has 2 N–H and O–H groups in total. The van der Waals surface area contributed by atoms with Gasteiger partial charge in [0.2, 0.25) is 5.91 Å². The lowest BCUT2D eigenvalue weighted by molar-refractivity contribution is 0.0238. The lowest BCUT2D eigenvalue weighted by Crippen LogP contribution is -2.53. The summed E-state index contributed by atoms with van der Waals surface area (Å²) >= 11 is 0. The molecular formula is C12H16N2O2. The average Bonchev–Trinajstić information content (AvgIpc) is 2.23. The van der Waals surface area contributed by atoms with E-state index in [1.807, 2.05) is 0 Å². The van der Waals surface area contributed by atoms with Crippen molar-refractivity contribution in [2.45, 2.75) is 13.0 Å². The van der Waals surface area contributed by atoms with Gasteiger partial charge in [-0.05, 0) is 30.8 Å². The lowest BCUT2D eigenvalue weighted by atomic mass is 10.1. The van der Waals surface area contributed by atoms with Crippen LogP contribution < -0.4 is 10.5 Å². The van der Waals surface area contributed by atoms with Gasteiger partial charge in [-0.15, -0.1) is 0 Å². The molecule has 16 heavy (non-hydrogen) atoms. The predicted octanol–water partition coefficient (Wildman–Crippen LogP) is 0.868. The van der Waals surface area contributed by atoms with Gasteiger partial charge in [0.05, 0.1) is 0 Å². The van der Waals surface area contributed by atoms with Crippen LogP contribution in [0.1, 0.15) is 17.3 Å². The molecule has 0 spiro atoms. The first-order chi connectivity index (χ1) is 7.69. The van der Waals surface area contributed by atoms with Gasteiger partial charge in [-0.25, -0.2) is 0 Å². The Balaban J connectivity index is 1.89. The Morgan fingerprint density at radius 3 is 2.56 bits per heavy atom. The second-order valence-electron chi connectivity index (χ2n) is 3.98. The van der Waals surface area contributed by atoms with E-state index >= 15 is 0 Å². The highest BCUT2D eigenvalue weighted by Crippen LogP contribution is 2.18. The third-order valence-electron chi connectivity index (χ3n) is 2.81. The normalized spacial score (nSPS) is 16.8. The number of amides is 1. The number of ether oxygens (including phenoxy) is 1. The molecule has 4 nitrogen and oxygen atoms in total. The van der Waals surface area contributed by atoms with Crippen molar-refractivity contribution >= 4 is 5.91 Å². The number of nitrogens with two attached hydrogens (primary N) is 1. The van der Waals surface area contributed by atoms with E-state index in [0.717, 1.165) is 25.4 Å². The SMILES string of the molecule is CCN1CC(Oc2ccc(C(N)=O)cc2)C1. The van der Waals surface area contributed by atoms with Crippen LogP contribution in [0, 0.1) is 0 Å². The van der Waals surface area contributed by atoms with Crippen LogP contribution in [0.25, 0.3) is 0 Å². The molecule has 1 aromatic carbocycles. The summed E-state index contributed by atoms with van der Waals surface area (Å²) in [5, 5.41) is 0. The molecule has 2 rings (SSSR count). The molecule has 1 fully saturated rings. The zero-order chi connectivity index (χ0) is 11.5. The fourth-order valence-electron chi connectivity index (χ4n) is 1.75. The van der Waals surface area contributed by atoms with Crippen LogP contribution in [0.2, 0.25) is 0 Å². The van der Waals surface area contributed by atoms with Crippen LogP contribution in [0.4, 0.5) is 0 Å². The number of carbonyl (C=O) groups excluding carboxylic acids is 1. The fourth-order valence-corrected chi connectivity index (χ4v) is 1.75. The second-order valence-corrected chi connectivity index (χ2v) is 3.98. The molecule has 0 atom stereocenters. The number of nitrogens with zero attached hydrogens (tertiary/aromatic N) is 1. The largest absolute Gasteiger partial charge is 0.488 e. The molecule has 1 heterocycles. The molecule has 0 unspecified atom stereocenters. The van der Waals surface area contributed by atoms with Crippen LogP contribution in [-0.4, -0.2) is 36.5 Å². The standard InChI is InChI=1S/C12H16N2O2/c1-2-14-7-11(8-14)16-10-5-3-9(4-6-10)12(13)15/h3-6,11H,2,7-8H2,1H3,(H2,13,15). The number of hydrogen-bond donors (Lipinski definition) is 1. The molecule has 1 aliphatic heterocycles. The van der Waals surface area contributed by atoms with Crippen LogP contribution >= 0.6 is 0 Å². The minimum absolute atomic E-state index is 0.277. The van der Waals surface area contributed by atoms with E-state index in [1.165, 1.54) is 0 Å². The second kappa shape index (κ2) is 4.53. The van der Waals surface area contributed by atoms with Gasteiger partial charge in [0, 0.05) is 18.7 Å². The van der Waals surface area contributed by atoms with E-state index in [1.54, 1.807) is 24.3 Å². The number of primary amides is 1. The first kappa shape index (κ1) is 11.0. The maximum absolute atomic E-state index is 10.9. The van der Waals surface area contributed by atoms with Crippen molar-refractivity contribution in [3.63, 3.8) is 0 Å². The van der Waals surface area contributed by atoms with Crippen LogP contribution in [0.5, 0.6) is 5.75 Å². The van der Waals surface area contributed by atoms with E-state index < -0.39 is 5.91 Å². The highest BCUT2D eigenvalue weighted by atomic mass is 16.5. The molecule has 1 saturated heterocycles. The predicted molar refractivity (Wildman–Crippen MR) is 61.5 cm³/mol. The van der Waals surface area contributed by atoms with E-state index in [2.05, 4.69) is 11.8 Å². The maximum atomic E-state index is 10.9. The number of carbonyl (C=O) groups is 1. The van der Waals surface area contributed by atoms with Gasteiger partial charge in [0.25, 0.3) is 0 Å². The quantitative estimate of drug-likeness (QED) is 0.819. The number of likely N-dealkylation sites (N-methyl/N-ethyl adjacent to an activating group) is 1. The van der Waals surface area contributed by atoms with Crippen molar-refractivity contribution < 1.29 is 9.53 Å². The summed E-state index contributed by atoms with van der Waals surface area (Å²) in [7, 11) is 0. The van der Waals surface area contributed by atoms with E-state index in [-0.39, 0.29) is 6.10 Å². The zero-order valence-corrected chi connectivity index (χ0v) is 9.35. The van der Waals surface area contributed by atoms with E-state index in [9.17, 15) is 4.79 Å². The minimum atomic E-state index is -0.410. The monoisotopic (exact) mass is 220 g/mol. The summed E-state index contributed by atoms with van der Waals surface area (Å²) in [6.07, 6.45) is 0.277. The molecule has 86 valence electrons. The van der Waals surface area contributed by atoms with Crippen molar-refractivity contribution in [2.75, 3.05) is 19.6 Å². The number of likely N-dealkylation sites (tertiary alicyclic amines) is 1. The average molecular weight is 220 g/mol. The van der Waals surface area contributed by atoms with E-state index in [0.29, 0.717) is 5.56 Å². The summed E-state index contributed by atoms with van der Waals surface area (Å²) in [5.74, 6) is 0.387. The van der Waals surface area contributed by atoms with Crippen molar-refractivity contribution in [2.24, 2.45) is 5.73 Å². The van der Waals surface area contributed by atoms with Crippen molar-refractivity contribution in [1.82, 2.24) is 4.90 Å². The smallest absolute Gasteiger partial charge is 0.248 e. The summed E-state index contributed by atoms with van der Waals surface area (Å²) in [6.45, 7) is 5.17. The molecular weight excluding hydrogens is 204 g/mol. The molecule has 1 aliphatic rings. The Labute approximate surface area is 95.0 Å². The highest BCUT2D eigenvalue weighted by molar-refractivity contribution is 5.92. The lowest BCUT2D eigenvalue weighted by Gasteiger charge is -2.38. The van der Waals surface area contributed by atoms with Gasteiger partial charge in [-0.2, -0.15) is 0 Å². The van der Waals surface area contributed by atoms with Crippen LogP contribution in [0.15, 0.2) is 24.3 Å². The van der Waals surface area contributed by atoms with Gasteiger partial charge < -0.3 is 10.5 Å².